The minimum Gasteiger partial charge on any atom is -0.508 e. The third-order valence-corrected chi connectivity index (χ3v) is 7.49. The molecule has 2 heterocycles. The fourth-order valence-electron chi connectivity index (χ4n) is 4.58. The first-order chi connectivity index (χ1) is 18.3. The van der Waals surface area contributed by atoms with Crippen molar-refractivity contribution < 1.29 is 27.8 Å². The Balaban J connectivity index is 1.80. The van der Waals surface area contributed by atoms with Gasteiger partial charge in [-0.05, 0) is 55.3 Å². The summed E-state index contributed by atoms with van der Waals surface area (Å²) in [6.07, 6.45) is -3.33. The highest BCUT2D eigenvalue weighted by atomic mass is 32.2. The van der Waals surface area contributed by atoms with E-state index < -0.39 is 17.7 Å². The van der Waals surface area contributed by atoms with Crippen LogP contribution in [0.5, 0.6) is 5.75 Å². The Labute approximate surface area is 230 Å². The Hall–Kier alpha value is -3.46. The molecule has 4 rings (SSSR count). The lowest BCUT2D eigenvalue weighted by atomic mass is 9.94. The molecule has 2 aromatic carbocycles. The summed E-state index contributed by atoms with van der Waals surface area (Å²) in [7, 11) is 1.90. The molecule has 4 aromatic rings. The fraction of sp³-hybridized carbons (Fsp3) is 0.333. The van der Waals surface area contributed by atoms with Gasteiger partial charge in [-0.2, -0.15) is 13.2 Å². The first-order valence-corrected chi connectivity index (χ1v) is 13.4. The molecule has 1 atom stereocenters. The number of hydrogen-bond acceptors (Lipinski definition) is 5. The van der Waals surface area contributed by atoms with Gasteiger partial charge in [0, 0.05) is 45.0 Å². The van der Waals surface area contributed by atoms with E-state index in [2.05, 4.69) is 25.8 Å². The number of aromatic nitrogens is 2. The number of halogens is 3. The third kappa shape index (κ3) is 6.41. The predicted molar refractivity (Wildman–Crippen MR) is 148 cm³/mol. The monoisotopic (exact) mass is 556 g/mol. The van der Waals surface area contributed by atoms with Gasteiger partial charge >= 0.3 is 12.1 Å². The van der Waals surface area contributed by atoms with Gasteiger partial charge in [-0.3, -0.25) is 9.78 Å². The largest absolute Gasteiger partial charge is 0.508 e. The van der Waals surface area contributed by atoms with E-state index in [-0.39, 0.29) is 23.1 Å². The Kier molecular flexibility index (Phi) is 8.02. The maximum absolute atomic E-state index is 13.4. The standard InChI is InChI=1S/C30H31F3N2O3S/c1-6-38-28(37)23(26-27(39-29(2,3)4)22-16-21(36)11-13-25(22)35(26)5)15-18-8-7-9-19(14-18)24-12-10-20(17-34-24)30(31,32)33/h7-14,16-17,23,36H,6,15H2,1-5H3. The number of ether oxygens (including phenoxy) is 1. The smallest absolute Gasteiger partial charge is 0.417 e. The summed E-state index contributed by atoms with van der Waals surface area (Å²) in [6.45, 7) is 8.24. The molecule has 0 aliphatic carbocycles. The molecular weight excluding hydrogens is 525 g/mol. The number of carbonyl (C=O) groups is 1. The second kappa shape index (κ2) is 11.0. The normalized spacial score (nSPS) is 13.0. The topological polar surface area (TPSA) is 64.3 Å². The minimum absolute atomic E-state index is 0.139. The van der Waals surface area contributed by atoms with Crippen LogP contribution in [0.3, 0.4) is 0 Å². The molecular formula is C30H31F3N2O3S. The molecule has 0 radical (unpaired) electrons. The molecule has 0 aliphatic heterocycles. The van der Waals surface area contributed by atoms with Gasteiger partial charge in [-0.15, -0.1) is 11.8 Å². The van der Waals surface area contributed by atoms with Gasteiger partial charge in [0.1, 0.15) is 11.7 Å². The Morgan fingerprint density at radius 2 is 1.85 bits per heavy atom. The molecule has 0 saturated heterocycles. The van der Waals surface area contributed by atoms with E-state index in [0.29, 0.717) is 17.7 Å². The van der Waals surface area contributed by atoms with E-state index in [9.17, 15) is 23.1 Å². The third-order valence-electron chi connectivity index (χ3n) is 6.24. The van der Waals surface area contributed by atoms with E-state index in [1.165, 1.54) is 6.07 Å². The average molecular weight is 557 g/mol. The number of carbonyl (C=O) groups excluding carboxylic acids is 1. The molecule has 0 saturated carbocycles. The molecule has 0 bridgehead atoms. The summed E-state index contributed by atoms with van der Waals surface area (Å²) in [5.74, 6) is -0.897. The van der Waals surface area contributed by atoms with Gasteiger partial charge in [0.25, 0.3) is 0 Å². The maximum Gasteiger partial charge on any atom is 0.417 e. The number of thioether (sulfide) groups is 1. The van der Waals surface area contributed by atoms with Crippen LogP contribution in [0.4, 0.5) is 13.2 Å². The highest BCUT2D eigenvalue weighted by Crippen LogP contribution is 2.45. The van der Waals surface area contributed by atoms with Crippen molar-refractivity contribution in [1.82, 2.24) is 9.55 Å². The molecule has 9 heteroatoms. The summed E-state index contributed by atoms with van der Waals surface area (Å²) in [4.78, 5) is 18.4. The second-order valence-electron chi connectivity index (χ2n) is 10.3. The van der Waals surface area contributed by atoms with Crippen molar-refractivity contribution in [1.29, 1.82) is 0 Å². The molecule has 5 nitrogen and oxygen atoms in total. The van der Waals surface area contributed by atoms with E-state index in [1.54, 1.807) is 43.0 Å². The minimum atomic E-state index is -4.46. The van der Waals surface area contributed by atoms with Crippen LogP contribution in [0.25, 0.3) is 22.2 Å². The molecule has 206 valence electrons. The van der Waals surface area contributed by atoms with Crippen LogP contribution < -0.4 is 0 Å². The first kappa shape index (κ1) is 28.5. The van der Waals surface area contributed by atoms with E-state index >= 15 is 0 Å². The van der Waals surface area contributed by atoms with Crippen LogP contribution in [0, 0.1) is 0 Å². The summed E-state index contributed by atoms with van der Waals surface area (Å²) >= 11 is 1.62. The van der Waals surface area contributed by atoms with Crippen molar-refractivity contribution in [2.24, 2.45) is 7.05 Å². The molecule has 0 aliphatic rings. The Morgan fingerprint density at radius 1 is 1.10 bits per heavy atom. The number of esters is 1. The van der Waals surface area contributed by atoms with Crippen LogP contribution in [-0.4, -0.2) is 32.0 Å². The number of rotatable bonds is 7. The van der Waals surface area contributed by atoms with Gasteiger partial charge < -0.3 is 14.4 Å². The fourth-order valence-corrected chi connectivity index (χ4v) is 5.85. The number of benzene rings is 2. The Morgan fingerprint density at radius 3 is 2.46 bits per heavy atom. The highest BCUT2D eigenvalue weighted by molar-refractivity contribution is 8.00. The van der Waals surface area contributed by atoms with E-state index in [0.717, 1.165) is 39.3 Å². The maximum atomic E-state index is 13.4. The lowest BCUT2D eigenvalue weighted by Crippen LogP contribution is -2.22. The molecule has 0 fully saturated rings. The van der Waals surface area contributed by atoms with Gasteiger partial charge in [0.05, 0.1) is 17.9 Å². The molecule has 0 amide bonds. The van der Waals surface area contributed by atoms with Gasteiger partial charge in [-0.1, -0.05) is 39.0 Å². The SMILES string of the molecule is CCOC(=O)C(Cc1cccc(-c2ccc(C(F)(F)F)cn2)c1)c1c(SC(C)(C)C)c2cc(O)ccc2n1C. The van der Waals surface area contributed by atoms with Crippen LogP contribution in [-0.2, 0) is 29.2 Å². The number of alkyl halides is 3. The van der Waals surface area contributed by atoms with E-state index in [1.807, 2.05) is 29.8 Å². The number of nitrogens with zero attached hydrogens (tertiary/aromatic N) is 2. The number of pyridine rings is 1. The van der Waals surface area contributed by atoms with Crippen molar-refractivity contribution in [3.63, 3.8) is 0 Å². The molecule has 0 spiro atoms. The lowest BCUT2D eigenvalue weighted by molar-refractivity contribution is -0.145. The number of phenolic OH excluding ortho intramolecular Hbond substituents is 1. The van der Waals surface area contributed by atoms with Crippen LogP contribution in [0.15, 0.2) is 65.7 Å². The number of phenols is 1. The summed E-state index contributed by atoms with van der Waals surface area (Å²) in [5.41, 5.74) is 2.72. The zero-order valence-corrected chi connectivity index (χ0v) is 23.3. The summed E-state index contributed by atoms with van der Waals surface area (Å²) in [5, 5.41) is 11.1. The molecule has 1 unspecified atom stereocenters. The van der Waals surface area contributed by atoms with Crippen molar-refractivity contribution in [3.8, 4) is 17.0 Å². The van der Waals surface area contributed by atoms with Crippen LogP contribution in [0.1, 0.15) is 50.4 Å². The molecule has 39 heavy (non-hydrogen) atoms. The van der Waals surface area contributed by atoms with Gasteiger partial charge in [0.15, 0.2) is 0 Å². The Bertz CT molecular complexity index is 1490. The quantitative estimate of drug-likeness (QED) is 0.186. The lowest BCUT2D eigenvalue weighted by Gasteiger charge is -2.23. The molecule has 1 N–H and O–H groups in total. The second-order valence-corrected chi connectivity index (χ2v) is 12.2. The number of hydrogen-bond donors (Lipinski definition) is 1. The highest BCUT2D eigenvalue weighted by Gasteiger charge is 2.33. The first-order valence-electron chi connectivity index (χ1n) is 12.6. The van der Waals surface area contributed by atoms with Crippen LogP contribution in [0.2, 0.25) is 0 Å². The predicted octanol–water partition coefficient (Wildman–Crippen LogP) is 7.74. The summed E-state index contributed by atoms with van der Waals surface area (Å²) < 4.78 is 46.3. The van der Waals surface area contributed by atoms with Crippen molar-refractivity contribution in [2.75, 3.05) is 6.61 Å². The van der Waals surface area contributed by atoms with Crippen LogP contribution >= 0.6 is 11.8 Å². The van der Waals surface area contributed by atoms with Gasteiger partial charge in [-0.25, -0.2) is 0 Å². The van der Waals surface area contributed by atoms with Crippen molar-refractivity contribution in [2.45, 2.75) is 55.9 Å². The van der Waals surface area contributed by atoms with Gasteiger partial charge in [0.2, 0.25) is 0 Å². The summed E-state index contributed by atoms with van der Waals surface area (Å²) in [6, 6.07) is 14.8. The average Bonchev–Trinajstić information content (AvgIpc) is 3.11. The molecule has 2 aromatic heterocycles. The zero-order chi connectivity index (χ0) is 28.5. The number of aromatic hydroxyl groups is 1. The number of aryl methyl sites for hydroxylation is 1. The van der Waals surface area contributed by atoms with Crippen molar-refractivity contribution in [3.05, 3.63) is 77.6 Å². The van der Waals surface area contributed by atoms with Crippen molar-refractivity contribution >= 4 is 28.6 Å². The number of fused-ring (bicyclic) bond motifs is 1. The van der Waals surface area contributed by atoms with E-state index in [4.69, 9.17) is 4.74 Å². The zero-order valence-electron chi connectivity index (χ0n) is 22.5.